The summed E-state index contributed by atoms with van der Waals surface area (Å²) in [6.45, 7) is 4.06. The number of aromatic nitrogens is 3. The molecule has 38 heavy (non-hydrogen) atoms. The first-order valence-electron chi connectivity index (χ1n) is 12.0. The number of ketones is 1. The number of aliphatic hydroxyl groups is 1. The van der Waals surface area contributed by atoms with E-state index in [1.54, 1.807) is 50.6 Å². The van der Waals surface area contributed by atoms with Crippen LogP contribution in [-0.4, -0.2) is 56.1 Å². The summed E-state index contributed by atoms with van der Waals surface area (Å²) in [6, 6.07) is 14.3. The molecule has 10 heteroatoms. The molecule has 0 amide bonds. The van der Waals surface area contributed by atoms with Crippen molar-refractivity contribution in [1.82, 2.24) is 15.0 Å². The van der Waals surface area contributed by atoms with E-state index in [4.69, 9.17) is 14.2 Å². The van der Waals surface area contributed by atoms with E-state index in [9.17, 15) is 14.7 Å². The van der Waals surface area contributed by atoms with Gasteiger partial charge in [0.2, 0.25) is 5.12 Å². The summed E-state index contributed by atoms with van der Waals surface area (Å²) in [5.41, 5.74) is 2.63. The lowest BCUT2D eigenvalue weighted by Crippen LogP contribution is -2.23. The van der Waals surface area contributed by atoms with E-state index >= 15 is 0 Å². The highest BCUT2D eigenvalue weighted by Gasteiger charge is 2.29. The highest BCUT2D eigenvalue weighted by Crippen LogP contribution is 2.34. The zero-order valence-electron chi connectivity index (χ0n) is 21.4. The van der Waals surface area contributed by atoms with Crippen molar-refractivity contribution in [2.45, 2.75) is 38.4 Å². The highest BCUT2D eigenvalue weighted by molar-refractivity contribution is 8.15. The number of allylic oxidation sites excluding steroid dienone is 1. The topological polar surface area (TPSA) is 113 Å². The smallest absolute Gasteiger partial charge is 0.219 e. The Labute approximate surface area is 225 Å². The van der Waals surface area contributed by atoms with E-state index in [1.807, 2.05) is 31.2 Å². The maximum atomic E-state index is 12.5. The van der Waals surface area contributed by atoms with Gasteiger partial charge < -0.3 is 19.3 Å². The van der Waals surface area contributed by atoms with Gasteiger partial charge >= 0.3 is 0 Å². The molecule has 2 heterocycles. The van der Waals surface area contributed by atoms with Crippen molar-refractivity contribution >= 4 is 28.7 Å². The van der Waals surface area contributed by atoms with E-state index < -0.39 is 6.10 Å². The Kier molecular flexibility index (Phi) is 8.98. The fraction of sp³-hybridized carbons (Fsp3) is 0.286. The quantitative estimate of drug-likeness (QED) is 0.271. The average Bonchev–Trinajstić information content (AvgIpc) is 3.47. The molecule has 1 aliphatic rings. The Morgan fingerprint density at radius 2 is 1.84 bits per heavy atom. The highest BCUT2D eigenvalue weighted by atomic mass is 32.2. The van der Waals surface area contributed by atoms with Crippen LogP contribution in [0.5, 0.6) is 11.5 Å². The SMILES string of the molecule is COc1ccc(/C=C/C(=O)c2ccc(OCc3cn(CC(O)COC4=C(C)C(=O)SC4C)nn3)cc2)cc1. The lowest BCUT2D eigenvalue weighted by molar-refractivity contribution is -0.107. The van der Waals surface area contributed by atoms with Crippen LogP contribution in [0.25, 0.3) is 6.08 Å². The molecule has 1 N–H and O–H groups in total. The summed E-state index contributed by atoms with van der Waals surface area (Å²) in [5.74, 6) is 1.85. The molecule has 0 spiro atoms. The van der Waals surface area contributed by atoms with Crippen molar-refractivity contribution in [1.29, 1.82) is 0 Å². The lowest BCUT2D eigenvalue weighted by atomic mass is 10.1. The number of carbonyl (C=O) groups is 2. The van der Waals surface area contributed by atoms with E-state index in [2.05, 4.69) is 10.3 Å². The Morgan fingerprint density at radius 3 is 2.50 bits per heavy atom. The van der Waals surface area contributed by atoms with Crippen LogP contribution in [-0.2, 0) is 22.7 Å². The molecule has 3 aromatic rings. The zero-order valence-corrected chi connectivity index (χ0v) is 22.2. The normalized spacial score (nSPS) is 16.2. The number of rotatable bonds is 12. The van der Waals surface area contributed by atoms with Crippen molar-refractivity contribution in [3.05, 3.63) is 89.0 Å². The molecular formula is C28H29N3O6S. The maximum Gasteiger partial charge on any atom is 0.219 e. The molecule has 4 rings (SSSR count). The molecule has 9 nitrogen and oxygen atoms in total. The van der Waals surface area contributed by atoms with Crippen LogP contribution in [0.4, 0.5) is 0 Å². The van der Waals surface area contributed by atoms with Gasteiger partial charge in [-0.05, 0) is 61.9 Å². The monoisotopic (exact) mass is 535 g/mol. The Balaban J connectivity index is 1.23. The van der Waals surface area contributed by atoms with Gasteiger partial charge in [0.05, 0.1) is 25.1 Å². The number of nitrogens with zero attached hydrogens (tertiary/aromatic N) is 3. The van der Waals surface area contributed by atoms with E-state index in [0.717, 1.165) is 11.3 Å². The summed E-state index contributed by atoms with van der Waals surface area (Å²) < 4.78 is 18.1. The Hall–Kier alpha value is -3.89. The fourth-order valence-corrected chi connectivity index (χ4v) is 4.69. The van der Waals surface area contributed by atoms with Crippen molar-refractivity contribution in [3.8, 4) is 11.5 Å². The summed E-state index contributed by atoms with van der Waals surface area (Å²) in [7, 11) is 1.61. The van der Waals surface area contributed by atoms with Gasteiger partial charge in [-0.1, -0.05) is 35.2 Å². The van der Waals surface area contributed by atoms with Gasteiger partial charge in [0.25, 0.3) is 0 Å². The van der Waals surface area contributed by atoms with Gasteiger partial charge in [0, 0.05) is 11.1 Å². The summed E-state index contributed by atoms with van der Waals surface area (Å²) in [6.07, 6.45) is 4.15. The molecular weight excluding hydrogens is 506 g/mol. The second-order valence-corrected chi connectivity index (χ2v) is 10.0. The first-order valence-corrected chi connectivity index (χ1v) is 12.9. The first kappa shape index (κ1) is 27.2. The molecule has 0 aliphatic carbocycles. The third-order valence-electron chi connectivity index (χ3n) is 5.81. The molecule has 198 valence electrons. The van der Waals surface area contributed by atoms with Crippen molar-refractivity contribution < 1.29 is 28.9 Å². The fourth-order valence-electron chi connectivity index (χ4n) is 3.74. The Bertz CT molecular complexity index is 1330. The minimum Gasteiger partial charge on any atom is -0.497 e. The number of ether oxygens (including phenoxy) is 3. The molecule has 0 bridgehead atoms. The number of thioether (sulfide) groups is 1. The molecule has 0 saturated carbocycles. The Morgan fingerprint density at radius 1 is 1.13 bits per heavy atom. The maximum absolute atomic E-state index is 12.5. The first-order chi connectivity index (χ1) is 18.3. The molecule has 1 aromatic heterocycles. The van der Waals surface area contributed by atoms with E-state index in [-0.39, 0.29) is 35.9 Å². The van der Waals surface area contributed by atoms with E-state index in [1.165, 1.54) is 22.5 Å². The van der Waals surface area contributed by atoms with Gasteiger partial charge in [0.1, 0.15) is 42.3 Å². The molecule has 0 fully saturated rings. The van der Waals surface area contributed by atoms with Gasteiger partial charge in [0.15, 0.2) is 5.78 Å². The van der Waals surface area contributed by atoms with Crippen LogP contribution >= 0.6 is 11.8 Å². The summed E-state index contributed by atoms with van der Waals surface area (Å²) in [5, 5.41) is 18.4. The van der Waals surface area contributed by atoms with Crippen LogP contribution in [0.15, 0.2) is 72.1 Å². The number of carbonyl (C=O) groups excluding carboxylic acids is 2. The number of benzene rings is 2. The lowest BCUT2D eigenvalue weighted by Gasteiger charge is -2.15. The second-order valence-electron chi connectivity index (χ2n) is 8.72. The van der Waals surface area contributed by atoms with Crippen LogP contribution in [0.3, 0.4) is 0 Å². The second kappa shape index (κ2) is 12.6. The molecule has 2 unspecified atom stereocenters. The van der Waals surface area contributed by atoms with Gasteiger partial charge in [-0.15, -0.1) is 5.10 Å². The number of hydrogen-bond donors (Lipinski definition) is 1. The molecule has 2 aromatic carbocycles. The average molecular weight is 536 g/mol. The van der Waals surface area contributed by atoms with Gasteiger partial charge in [-0.2, -0.15) is 0 Å². The molecule has 1 aliphatic heterocycles. The van der Waals surface area contributed by atoms with Crippen LogP contribution < -0.4 is 9.47 Å². The standard InChI is InChI=1S/C28H29N3O6S/c1-18-27(19(2)38-28(18)34)37-17-23(32)15-31-14-22(29-30-31)16-36-25-11-7-21(8-12-25)26(33)13-6-20-4-9-24(35-3)10-5-20/h4-14,19,23,32H,15-17H2,1-3H3/b13-6+. The van der Waals surface area contributed by atoms with Crippen molar-refractivity contribution in [3.63, 3.8) is 0 Å². The number of aliphatic hydroxyl groups excluding tert-OH is 1. The molecule has 0 saturated heterocycles. The van der Waals surface area contributed by atoms with Crippen LogP contribution in [0.1, 0.15) is 35.5 Å². The van der Waals surface area contributed by atoms with E-state index in [0.29, 0.717) is 28.3 Å². The minimum atomic E-state index is -0.817. The predicted molar refractivity (Wildman–Crippen MR) is 144 cm³/mol. The minimum absolute atomic E-state index is 0.00529. The van der Waals surface area contributed by atoms with Crippen molar-refractivity contribution in [2.75, 3.05) is 13.7 Å². The van der Waals surface area contributed by atoms with Crippen molar-refractivity contribution in [2.24, 2.45) is 0 Å². The van der Waals surface area contributed by atoms with Crippen LogP contribution in [0.2, 0.25) is 0 Å². The summed E-state index contributed by atoms with van der Waals surface area (Å²) >= 11 is 1.22. The number of methoxy groups -OCH3 is 1. The van der Waals surface area contributed by atoms with Gasteiger partial charge in [-0.25, -0.2) is 4.68 Å². The van der Waals surface area contributed by atoms with Gasteiger partial charge in [-0.3, -0.25) is 9.59 Å². The number of hydrogen-bond acceptors (Lipinski definition) is 9. The predicted octanol–water partition coefficient (Wildman–Crippen LogP) is 4.08. The zero-order chi connectivity index (χ0) is 27.1. The summed E-state index contributed by atoms with van der Waals surface area (Å²) in [4.78, 5) is 24.2. The largest absolute Gasteiger partial charge is 0.497 e. The third-order valence-corrected chi connectivity index (χ3v) is 6.90. The molecule has 2 atom stereocenters. The van der Waals surface area contributed by atoms with Crippen LogP contribution in [0, 0.1) is 0 Å². The molecule has 0 radical (unpaired) electrons. The third kappa shape index (κ3) is 7.11.